The van der Waals surface area contributed by atoms with Crippen LogP contribution in [0, 0.1) is 6.92 Å². The van der Waals surface area contributed by atoms with Crippen LogP contribution in [0.1, 0.15) is 5.01 Å². The number of halogens is 1. The van der Waals surface area contributed by atoms with Crippen LogP contribution in [0.15, 0.2) is 63.5 Å². The fraction of sp³-hybridized carbons (Fsp3) is 0.0588. The third kappa shape index (κ3) is 2.80. The molecule has 0 spiro atoms. The van der Waals surface area contributed by atoms with Gasteiger partial charge in [0, 0.05) is 33.2 Å². The Labute approximate surface area is 157 Å². The van der Waals surface area contributed by atoms with Gasteiger partial charge in [0.1, 0.15) is 0 Å². The van der Waals surface area contributed by atoms with Crippen molar-refractivity contribution in [1.29, 1.82) is 0 Å². The van der Waals surface area contributed by atoms with Gasteiger partial charge in [-0.1, -0.05) is 18.2 Å². The molecule has 0 amide bonds. The Hall–Kier alpha value is -2.03. The minimum Gasteiger partial charge on any atom is -0.241 e. The molecule has 3 aromatic heterocycles. The van der Waals surface area contributed by atoms with Gasteiger partial charge >= 0.3 is 0 Å². The van der Waals surface area contributed by atoms with Crippen LogP contribution in [0.2, 0.25) is 0 Å². The maximum absolute atomic E-state index is 13.1. The number of benzene rings is 1. The lowest BCUT2D eigenvalue weighted by Gasteiger charge is -2.06. The molecule has 0 unspecified atom stereocenters. The molecule has 8 heteroatoms. The third-order valence-corrected chi connectivity index (χ3v) is 6.64. The number of fused-ring (bicyclic) bond motifs is 1. The second-order valence-electron chi connectivity index (χ2n) is 5.43. The largest absolute Gasteiger partial charge is 0.269 e. The minimum atomic E-state index is -3.74. The number of pyridine rings is 1. The predicted molar refractivity (Wildman–Crippen MR) is 102 cm³/mol. The van der Waals surface area contributed by atoms with Crippen molar-refractivity contribution in [1.82, 2.24) is 13.9 Å². The van der Waals surface area contributed by atoms with E-state index >= 15 is 0 Å². The number of hydrogen-bond donors (Lipinski definition) is 0. The lowest BCUT2D eigenvalue weighted by Crippen LogP contribution is -2.12. The summed E-state index contributed by atoms with van der Waals surface area (Å²) in [4.78, 5) is 9.05. The Morgan fingerprint density at radius 3 is 2.64 bits per heavy atom. The van der Waals surface area contributed by atoms with E-state index in [4.69, 9.17) is 0 Å². The average Bonchev–Trinajstić information content (AvgIpc) is 3.19. The second kappa shape index (κ2) is 6.05. The van der Waals surface area contributed by atoms with Gasteiger partial charge in [-0.15, -0.1) is 11.3 Å². The van der Waals surface area contributed by atoms with Gasteiger partial charge in [0.25, 0.3) is 10.0 Å². The zero-order chi connectivity index (χ0) is 17.6. The number of nitrogens with zero attached hydrogens (tertiary/aromatic N) is 3. The smallest absolute Gasteiger partial charge is 0.241 e. The average molecular weight is 434 g/mol. The predicted octanol–water partition coefficient (Wildman–Crippen LogP) is 4.47. The van der Waals surface area contributed by atoms with Crippen molar-refractivity contribution in [2.24, 2.45) is 0 Å². The molecule has 4 rings (SSSR count). The summed E-state index contributed by atoms with van der Waals surface area (Å²) in [6, 6.07) is 10.2. The first-order valence-corrected chi connectivity index (χ1v) is 10.5. The first kappa shape index (κ1) is 16.4. The highest BCUT2D eigenvalue weighted by Crippen LogP contribution is 2.33. The Morgan fingerprint density at radius 2 is 1.96 bits per heavy atom. The fourth-order valence-electron chi connectivity index (χ4n) is 2.63. The van der Waals surface area contributed by atoms with Crippen molar-refractivity contribution in [2.45, 2.75) is 11.8 Å². The van der Waals surface area contributed by atoms with Gasteiger partial charge in [0.15, 0.2) is 5.65 Å². The van der Waals surface area contributed by atoms with Gasteiger partial charge in [-0.2, -0.15) is 0 Å². The standard InChI is InChI=1S/C17H12BrN3O2S2/c1-11-20-16(10-24-11)15-9-21(17-14(15)7-12(18)8-19-17)25(22,23)13-5-3-2-4-6-13/h2-10H,1H3. The molecule has 0 saturated carbocycles. The Morgan fingerprint density at radius 1 is 1.20 bits per heavy atom. The summed E-state index contributed by atoms with van der Waals surface area (Å²) in [7, 11) is -3.74. The molecule has 25 heavy (non-hydrogen) atoms. The van der Waals surface area contributed by atoms with E-state index in [0.717, 1.165) is 26.1 Å². The summed E-state index contributed by atoms with van der Waals surface area (Å²) < 4.78 is 28.2. The summed E-state index contributed by atoms with van der Waals surface area (Å²) in [5, 5.41) is 3.58. The van der Waals surface area contributed by atoms with Gasteiger partial charge in [-0.3, -0.25) is 0 Å². The van der Waals surface area contributed by atoms with Crippen molar-refractivity contribution in [3.8, 4) is 11.3 Å². The molecule has 0 atom stereocenters. The first-order valence-electron chi connectivity index (χ1n) is 7.36. The molecular formula is C17H12BrN3O2S2. The Kier molecular flexibility index (Phi) is 3.98. The van der Waals surface area contributed by atoms with E-state index in [-0.39, 0.29) is 4.90 Å². The highest BCUT2D eigenvalue weighted by atomic mass is 79.9. The van der Waals surface area contributed by atoms with Crippen molar-refractivity contribution in [3.05, 3.63) is 63.7 Å². The molecule has 0 radical (unpaired) electrons. The van der Waals surface area contributed by atoms with Crippen LogP contribution >= 0.6 is 27.3 Å². The molecule has 0 bridgehead atoms. The van der Waals surface area contributed by atoms with E-state index < -0.39 is 10.0 Å². The van der Waals surface area contributed by atoms with Crippen LogP contribution in [0.5, 0.6) is 0 Å². The van der Waals surface area contributed by atoms with Crippen LogP contribution in [-0.4, -0.2) is 22.4 Å². The minimum absolute atomic E-state index is 0.220. The summed E-state index contributed by atoms with van der Waals surface area (Å²) >= 11 is 4.93. The number of aromatic nitrogens is 3. The lowest BCUT2D eigenvalue weighted by molar-refractivity contribution is 0.589. The highest BCUT2D eigenvalue weighted by molar-refractivity contribution is 9.10. The van der Waals surface area contributed by atoms with E-state index in [1.54, 1.807) is 42.7 Å². The molecule has 0 aliphatic rings. The van der Waals surface area contributed by atoms with Gasteiger partial charge in [-0.25, -0.2) is 22.4 Å². The second-order valence-corrected chi connectivity index (χ2v) is 9.23. The highest BCUT2D eigenvalue weighted by Gasteiger charge is 2.23. The SMILES string of the molecule is Cc1nc(-c2cn(S(=O)(=O)c3ccccc3)c3ncc(Br)cc23)cs1. The van der Waals surface area contributed by atoms with Gasteiger partial charge in [0.2, 0.25) is 0 Å². The topological polar surface area (TPSA) is 64.8 Å². The zero-order valence-electron chi connectivity index (χ0n) is 13.0. The lowest BCUT2D eigenvalue weighted by atomic mass is 10.2. The van der Waals surface area contributed by atoms with E-state index in [1.165, 1.54) is 15.3 Å². The summed E-state index contributed by atoms with van der Waals surface area (Å²) in [5.41, 5.74) is 1.87. The fourth-order valence-corrected chi connectivity index (χ4v) is 4.92. The first-order chi connectivity index (χ1) is 12.0. The van der Waals surface area contributed by atoms with Gasteiger partial charge < -0.3 is 0 Å². The molecule has 0 saturated heterocycles. The van der Waals surface area contributed by atoms with Crippen LogP contribution < -0.4 is 0 Å². The third-order valence-electron chi connectivity index (χ3n) is 3.77. The van der Waals surface area contributed by atoms with E-state index in [0.29, 0.717) is 5.65 Å². The Balaban J connectivity index is 2.03. The van der Waals surface area contributed by atoms with E-state index in [9.17, 15) is 8.42 Å². The molecule has 5 nitrogen and oxygen atoms in total. The molecule has 0 aliphatic heterocycles. The molecule has 0 aliphatic carbocycles. The normalized spacial score (nSPS) is 11.9. The van der Waals surface area contributed by atoms with Crippen LogP contribution in [0.3, 0.4) is 0 Å². The molecule has 4 aromatic rings. The van der Waals surface area contributed by atoms with Crippen molar-refractivity contribution in [3.63, 3.8) is 0 Å². The molecular weight excluding hydrogens is 422 g/mol. The molecule has 1 aromatic carbocycles. The quantitative estimate of drug-likeness (QED) is 0.477. The number of rotatable bonds is 3. The van der Waals surface area contributed by atoms with E-state index in [2.05, 4.69) is 25.9 Å². The number of hydrogen-bond acceptors (Lipinski definition) is 5. The number of aryl methyl sites for hydroxylation is 1. The molecule has 0 fully saturated rings. The zero-order valence-corrected chi connectivity index (χ0v) is 16.3. The number of thiazole rings is 1. The van der Waals surface area contributed by atoms with Crippen molar-refractivity contribution in [2.75, 3.05) is 0 Å². The van der Waals surface area contributed by atoms with Crippen LogP contribution in [0.4, 0.5) is 0 Å². The van der Waals surface area contributed by atoms with Crippen LogP contribution in [-0.2, 0) is 10.0 Å². The van der Waals surface area contributed by atoms with Crippen molar-refractivity contribution < 1.29 is 8.42 Å². The Bertz CT molecular complexity index is 1180. The van der Waals surface area contributed by atoms with E-state index in [1.807, 2.05) is 18.4 Å². The summed E-state index contributed by atoms with van der Waals surface area (Å²) in [6.07, 6.45) is 3.19. The summed E-state index contributed by atoms with van der Waals surface area (Å²) in [5.74, 6) is 0. The van der Waals surface area contributed by atoms with Gasteiger partial charge in [0.05, 0.1) is 15.6 Å². The maximum atomic E-state index is 13.1. The summed E-state index contributed by atoms with van der Waals surface area (Å²) in [6.45, 7) is 1.92. The van der Waals surface area contributed by atoms with Crippen LogP contribution in [0.25, 0.3) is 22.3 Å². The monoisotopic (exact) mass is 433 g/mol. The molecule has 126 valence electrons. The van der Waals surface area contributed by atoms with Gasteiger partial charge in [-0.05, 0) is 41.1 Å². The van der Waals surface area contributed by atoms with Crippen molar-refractivity contribution >= 4 is 48.3 Å². The maximum Gasteiger partial charge on any atom is 0.269 e. The molecule has 3 heterocycles. The molecule has 0 N–H and O–H groups in total.